The Morgan fingerprint density at radius 2 is 2.44 bits per heavy atom. The van der Waals surface area contributed by atoms with Gasteiger partial charge >= 0.3 is 5.97 Å². The smallest absolute Gasteiger partial charge is 0.306 e. The van der Waals surface area contributed by atoms with Gasteiger partial charge in [-0.15, -0.1) is 0 Å². The molecular weight excluding hydrogens is 120 g/mol. The number of esters is 1. The predicted octanol–water partition coefficient (Wildman–Crippen LogP) is -0.945. The number of hydrogen-bond acceptors (Lipinski definition) is 4. The lowest BCUT2D eigenvalue weighted by Gasteiger charge is -1.98. The summed E-state index contributed by atoms with van der Waals surface area (Å²) in [5.41, 5.74) is 5.09. The lowest BCUT2D eigenvalue weighted by atomic mass is 10.4. The Hall–Kier alpha value is -0.610. The maximum Gasteiger partial charge on any atom is 0.306 e. The van der Waals surface area contributed by atoms with Crippen molar-refractivity contribution in [2.24, 2.45) is 5.73 Å². The molecule has 0 aliphatic carbocycles. The molecule has 0 radical (unpaired) electrons. The molecule has 0 aliphatic rings. The number of nitrogens with one attached hydrogen (secondary N) is 1. The summed E-state index contributed by atoms with van der Waals surface area (Å²) in [7, 11) is 1.37. The van der Waals surface area contributed by atoms with Gasteiger partial charge in [-0.25, -0.2) is 0 Å². The van der Waals surface area contributed by atoms with Crippen LogP contribution in [0.4, 0.5) is 0 Å². The molecule has 0 amide bonds. The van der Waals surface area contributed by atoms with Gasteiger partial charge in [0.2, 0.25) is 0 Å². The van der Waals surface area contributed by atoms with E-state index in [1.165, 1.54) is 7.11 Å². The van der Waals surface area contributed by atoms with Crippen LogP contribution in [0.2, 0.25) is 0 Å². The minimum Gasteiger partial charge on any atom is -0.469 e. The van der Waals surface area contributed by atoms with Crippen LogP contribution < -0.4 is 11.1 Å². The van der Waals surface area contributed by atoms with Crippen molar-refractivity contribution in [1.29, 1.82) is 0 Å². The van der Waals surface area contributed by atoms with Gasteiger partial charge in [0.15, 0.2) is 0 Å². The zero-order chi connectivity index (χ0) is 7.11. The molecule has 0 bridgehead atoms. The van der Waals surface area contributed by atoms with E-state index in [0.29, 0.717) is 19.6 Å². The molecule has 9 heavy (non-hydrogen) atoms. The standard InChI is InChI=1S/C5H12N2O2/c1-9-5(8)2-3-7-4-6/h7H,2-4,6H2,1H3. The molecule has 0 aromatic carbocycles. The SMILES string of the molecule is COC(=O)CCNCN. The normalized spacial score (nSPS) is 9.11. The summed E-state index contributed by atoms with van der Waals surface area (Å²) in [6.45, 7) is 0.986. The summed E-state index contributed by atoms with van der Waals surface area (Å²) >= 11 is 0. The highest BCUT2D eigenvalue weighted by Gasteiger charge is 1.95. The van der Waals surface area contributed by atoms with Crippen LogP contribution in [0.15, 0.2) is 0 Å². The van der Waals surface area contributed by atoms with Crippen LogP contribution >= 0.6 is 0 Å². The van der Waals surface area contributed by atoms with Gasteiger partial charge in [0.05, 0.1) is 13.5 Å². The van der Waals surface area contributed by atoms with Crippen LogP contribution in [0, 0.1) is 0 Å². The van der Waals surface area contributed by atoms with Crippen molar-refractivity contribution in [3.8, 4) is 0 Å². The summed E-state index contributed by atoms with van der Waals surface area (Å²) in [6.07, 6.45) is 0.383. The van der Waals surface area contributed by atoms with Crippen LogP contribution in [0.3, 0.4) is 0 Å². The summed E-state index contributed by atoms with van der Waals surface area (Å²) in [4.78, 5) is 10.4. The Balaban J connectivity index is 2.97. The zero-order valence-electron chi connectivity index (χ0n) is 5.52. The highest BCUT2D eigenvalue weighted by atomic mass is 16.5. The molecule has 4 nitrogen and oxygen atoms in total. The van der Waals surface area contributed by atoms with Crippen molar-refractivity contribution in [3.05, 3.63) is 0 Å². The van der Waals surface area contributed by atoms with Crippen LogP contribution in [-0.4, -0.2) is 26.3 Å². The molecule has 0 spiro atoms. The zero-order valence-corrected chi connectivity index (χ0v) is 5.52. The second-order valence-corrected chi connectivity index (χ2v) is 1.53. The lowest BCUT2D eigenvalue weighted by Crippen LogP contribution is -2.25. The molecule has 0 saturated carbocycles. The average Bonchev–Trinajstić information content (AvgIpc) is 1.89. The Labute approximate surface area is 54.4 Å². The average molecular weight is 132 g/mol. The highest BCUT2D eigenvalue weighted by molar-refractivity contribution is 5.69. The van der Waals surface area contributed by atoms with E-state index in [0.717, 1.165) is 0 Å². The molecule has 54 valence electrons. The highest BCUT2D eigenvalue weighted by Crippen LogP contribution is 1.78. The monoisotopic (exact) mass is 132 g/mol. The third kappa shape index (κ3) is 5.26. The number of ether oxygens (including phenoxy) is 1. The van der Waals surface area contributed by atoms with Gasteiger partial charge in [-0.1, -0.05) is 0 Å². The van der Waals surface area contributed by atoms with Crippen molar-refractivity contribution in [3.63, 3.8) is 0 Å². The number of nitrogens with two attached hydrogens (primary N) is 1. The number of hydrogen-bond donors (Lipinski definition) is 2. The second kappa shape index (κ2) is 5.53. The third-order valence-corrected chi connectivity index (χ3v) is 0.878. The van der Waals surface area contributed by atoms with Gasteiger partial charge in [-0.3, -0.25) is 4.79 Å². The number of rotatable bonds is 4. The topological polar surface area (TPSA) is 64.3 Å². The quantitative estimate of drug-likeness (QED) is 0.294. The van der Waals surface area contributed by atoms with Crippen molar-refractivity contribution >= 4 is 5.97 Å². The van der Waals surface area contributed by atoms with Gasteiger partial charge in [0.1, 0.15) is 0 Å². The fourth-order valence-corrected chi connectivity index (χ4v) is 0.395. The van der Waals surface area contributed by atoms with E-state index >= 15 is 0 Å². The third-order valence-electron chi connectivity index (χ3n) is 0.878. The Morgan fingerprint density at radius 3 is 2.89 bits per heavy atom. The van der Waals surface area contributed by atoms with E-state index in [1.54, 1.807) is 0 Å². The second-order valence-electron chi connectivity index (χ2n) is 1.53. The first-order chi connectivity index (χ1) is 4.31. The van der Waals surface area contributed by atoms with Crippen LogP contribution in [0.1, 0.15) is 6.42 Å². The summed E-state index contributed by atoms with van der Waals surface area (Å²) in [6, 6.07) is 0. The number of carbonyl (C=O) groups excluding carboxylic acids is 1. The van der Waals surface area contributed by atoms with Gasteiger partial charge in [-0.05, 0) is 0 Å². The van der Waals surface area contributed by atoms with Gasteiger partial charge < -0.3 is 15.8 Å². The fourth-order valence-electron chi connectivity index (χ4n) is 0.395. The van der Waals surface area contributed by atoms with Crippen LogP contribution in [0.5, 0.6) is 0 Å². The van der Waals surface area contributed by atoms with Crippen molar-refractivity contribution in [1.82, 2.24) is 5.32 Å². The summed E-state index contributed by atoms with van der Waals surface area (Å²) < 4.78 is 4.38. The van der Waals surface area contributed by atoms with E-state index in [4.69, 9.17) is 5.73 Å². The largest absolute Gasteiger partial charge is 0.469 e. The van der Waals surface area contributed by atoms with E-state index in [-0.39, 0.29) is 5.97 Å². The van der Waals surface area contributed by atoms with Gasteiger partial charge in [-0.2, -0.15) is 0 Å². The lowest BCUT2D eigenvalue weighted by molar-refractivity contribution is -0.140. The number of methoxy groups -OCH3 is 1. The molecule has 0 saturated heterocycles. The maximum absolute atomic E-state index is 10.4. The molecule has 0 rings (SSSR count). The molecule has 0 atom stereocenters. The van der Waals surface area contributed by atoms with Crippen LogP contribution in [0.25, 0.3) is 0 Å². The molecule has 0 heterocycles. The fraction of sp³-hybridized carbons (Fsp3) is 0.800. The summed E-state index contributed by atoms with van der Waals surface area (Å²) in [5.74, 6) is -0.212. The molecule has 0 aliphatic heterocycles. The van der Waals surface area contributed by atoms with Crippen molar-refractivity contribution < 1.29 is 9.53 Å². The molecule has 3 N–H and O–H groups in total. The molecular formula is C5H12N2O2. The van der Waals surface area contributed by atoms with E-state index < -0.39 is 0 Å². The Bertz CT molecular complexity index is 85.0. The van der Waals surface area contributed by atoms with E-state index in [1.807, 2.05) is 0 Å². The Kier molecular flexibility index (Phi) is 5.15. The molecule has 0 fully saturated rings. The van der Waals surface area contributed by atoms with Gasteiger partial charge in [0.25, 0.3) is 0 Å². The van der Waals surface area contributed by atoms with Gasteiger partial charge in [0, 0.05) is 13.2 Å². The molecule has 0 unspecified atom stereocenters. The first-order valence-corrected chi connectivity index (χ1v) is 2.79. The first-order valence-electron chi connectivity index (χ1n) is 2.79. The molecule has 0 aromatic heterocycles. The Morgan fingerprint density at radius 1 is 1.78 bits per heavy atom. The summed E-state index contributed by atoms with van der Waals surface area (Å²) in [5, 5.41) is 2.79. The van der Waals surface area contributed by atoms with Crippen molar-refractivity contribution in [2.45, 2.75) is 6.42 Å². The van der Waals surface area contributed by atoms with E-state index in [9.17, 15) is 4.79 Å². The van der Waals surface area contributed by atoms with E-state index in [2.05, 4.69) is 10.1 Å². The molecule has 0 aromatic rings. The predicted molar refractivity (Wildman–Crippen MR) is 33.7 cm³/mol. The minimum atomic E-state index is -0.212. The number of carbonyl (C=O) groups is 1. The van der Waals surface area contributed by atoms with Crippen LogP contribution in [-0.2, 0) is 9.53 Å². The first kappa shape index (κ1) is 8.39. The maximum atomic E-state index is 10.4. The van der Waals surface area contributed by atoms with Crippen molar-refractivity contribution in [2.75, 3.05) is 20.3 Å². The molecule has 4 heteroatoms. The minimum absolute atomic E-state index is 0.212.